The lowest BCUT2D eigenvalue weighted by atomic mass is 9.79. The molecule has 0 heterocycles. The summed E-state index contributed by atoms with van der Waals surface area (Å²) in [5.74, 6) is 0.156. The minimum absolute atomic E-state index is 0.0109. The number of carbonyl (C=O) groups is 2. The van der Waals surface area contributed by atoms with Crippen molar-refractivity contribution in [1.82, 2.24) is 5.32 Å². The highest BCUT2D eigenvalue weighted by Gasteiger charge is 2.29. The van der Waals surface area contributed by atoms with Crippen molar-refractivity contribution < 1.29 is 29.3 Å². The van der Waals surface area contributed by atoms with Crippen LogP contribution >= 0.6 is 11.6 Å². The van der Waals surface area contributed by atoms with Crippen molar-refractivity contribution >= 4 is 29.4 Å². The van der Waals surface area contributed by atoms with Crippen molar-refractivity contribution in [2.75, 3.05) is 37.6 Å². The van der Waals surface area contributed by atoms with Crippen molar-refractivity contribution in [1.29, 1.82) is 0 Å². The zero-order chi connectivity index (χ0) is 25.2. The molecular weight excluding hydrogens is 448 g/mol. The molecule has 1 amide bonds. The number of hydrogen-bond donors (Lipinski definition) is 3. The molecular formula is C24H39ClN2O6. The SMILES string of the molecule is COc1ccc(N(CCO)CCCl)cc1CC(C)(C)C[C@@H](CC(=O)O)NC(=O)OC(C)(C)C. The molecule has 0 aromatic heterocycles. The first-order valence-electron chi connectivity index (χ1n) is 11.1. The number of hydrogen-bond acceptors (Lipinski definition) is 6. The molecule has 3 N–H and O–H groups in total. The summed E-state index contributed by atoms with van der Waals surface area (Å²) >= 11 is 5.93. The van der Waals surface area contributed by atoms with E-state index in [0.717, 1.165) is 17.0 Å². The maximum Gasteiger partial charge on any atom is 0.407 e. The first-order chi connectivity index (χ1) is 15.3. The quantitative estimate of drug-likeness (QED) is 0.361. The molecule has 0 aliphatic rings. The number of aliphatic hydroxyl groups is 1. The van der Waals surface area contributed by atoms with E-state index in [2.05, 4.69) is 5.32 Å². The molecule has 9 heteroatoms. The molecule has 0 radical (unpaired) electrons. The average molecular weight is 487 g/mol. The van der Waals surface area contributed by atoms with E-state index in [1.807, 2.05) is 36.9 Å². The summed E-state index contributed by atoms with van der Waals surface area (Å²) in [5, 5.41) is 21.5. The third kappa shape index (κ3) is 11.0. The maximum atomic E-state index is 12.3. The number of benzene rings is 1. The summed E-state index contributed by atoms with van der Waals surface area (Å²) in [6.07, 6.45) is 0.169. The highest BCUT2D eigenvalue weighted by Crippen LogP contribution is 2.34. The van der Waals surface area contributed by atoms with Crippen LogP contribution in [0.2, 0.25) is 0 Å². The van der Waals surface area contributed by atoms with Crippen LogP contribution in [-0.4, -0.2) is 66.6 Å². The Morgan fingerprint density at radius 1 is 1.18 bits per heavy atom. The zero-order valence-corrected chi connectivity index (χ0v) is 21.4. The number of carboxylic acids is 1. The molecule has 0 saturated heterocycles. The lowest BCUT2D eigenvalue weighted by molar-refractivity contribution is -0.137. The van der Waals surface area contributed by atoms with Gasteiger partial charge in [-0.05, 0) is 62.8 Å². The Morgan fingerprint density at radius 3 is 2.36 bits per heavy atom. The standard InChI is InChI=1S/C24H39ClN2O6/c1-23(2,3)33-22(31)26-18(14-21(29)30)16-24(4,5)15-17-13-19(7-8-20(17)32-6)27(10-9-25)11-12-28/h7-8,13,18,28H,9-12,14-16H2,1-6H3,(H,26,31)(H,29,30)/t18-/m1/s1. The first-order valence-corrected chi connectivity index (χ1v) is 11.6. The Morgan fingerprint density at radius 2 is 1.85 bits per heavy atom. The number of ether oxygens (including phenoxy) is 2. The summed E-state index contributed by atoms with van der Waals surface area (Å²) in [5.41, 5.74) is 0.828. The second-order valence-electron chi connectivity index (χ2n) is 9.88. The molecule has 1 rings (SSSR count). The third-order valence-electron chi connectivity index (χ3n) is 4.96. The number of aliphatic hydroxyl groups excluding tert-OH is 1. The summed E-state index contributed by atoms with van der Waals surface area (Å²) < 4.78 is 10.9. The van der Waals surface area contributed by atoms with Gasteiger partial charge in [-0.2, -0.15) is 0 Å². The molecule has 0 aliphatic heterocycles. The van der Waals surface area contributed by atoms with Crippen LogP contribution in [-0.2, 0) is 16.0 Å². The number of carboxylic acid groups (broad SMARTS) is 1. The van der Waals surface area contributed by atoms with Gasteiger partial charge in [0, 0.05) is 30.7 Å². The van der Waals surface area contributed by atoms with Crippen LogP contribution in [0.1, 0.15) is 53.0 Å². The number of halogens is 1. The number of amides is 1. The van der Waals surface area contributed by atoms with E-state index >= 15 is 0 Å². The van der Waals surface area contributed by atoms with Gasteiger partial charge < -0.3 is 29.9 Å². The van der Waals surface area contributed by atoms with E-state index in [9.17, 15) is 19.8 Å². The van der Waals surface area contributed by atoms with Crippen LogP contribution in [0.15, 0.2) is 18.2 Å². The van der Waals surface area contributed by atoms with Crippen LogP contribution in [0.4, 0.5) is 10.5 Å². The van der Waals surface area contributed by atoms with Crippen LogP contribution in [0, 0.1) is 5.41 Å². The van der Waals surface area contributed by atoms with Crippen LogP contribution < -0.4 is 15.0 Å². The number of methoxy groups -OCH3 is 1. The Kier molecular flexibility index (Phi) is 11.3. The van der Waals surface area contributed by atoms with Gasteiger partial charge >= 0.3 is 12.1 Å². The predicted molar refractivity (Wildman–Crippen MR) is 131 cm³/mol. The average Bonchev–Trinajstić information content (AvgIpc) is 2.64. The number of rotatable bonds is 13. The van der Waals surface area contributed by atoms with Gasteiger partial charge in [0.05, 0.1) is 20.1 Å². The highest BCUT2D eigenvalue weighted by molar-refractivity contribution is 6.18. The lowest BCUT2D eigenvalue weighted by Crippen LogP contribution is -2.42. The predicted octanol–water partition coefficient (Wildman–Crippen LogP) is 4.06. The fourth-order valence-electron chi connectivity index (χ4n) is 3.81. The highest BCUT2D eigenvalue weighted by atomic mass is 35.5. The van der Waals surface area contributed by atoms with E-state index in [4.69, 9.17) is 21.1 Å². The smallest absolute Gasteiger partial charge is 0.407 e. The number of alkyl carbamates (subject to hydrolysis) is 1. The topological polar surface area (TPSA) is 108 Å². The number of carbonyl (C=O) groups excluding carboxylic acids is 1. The Bertz CT molecular complexity index is 773. The van der Waals surface area contributed by atoms with E-state index in [1.165, 1.54) is 0 Å². The van der Waals surface area contributed by atoms with Crippen molar-refractivity contribution in [3.8, 4) is 5.75 Å². The van der Waals surface area contributed by atoms with E-state index < -0.39 is 23.7 Å². The first kappa shape index (κ1) is 28.8. The molecule has 0 spiro atoms. The lowest BCUT2D eigenvalue weighted by Gasteiger charge is -2.31. The minimum atomic E-state index is -0.993. The van der Waals surface area contributed by atoms with Crippen molar-refractivity contribution in [2.24, 2.45) is 5.41 Å². The fraction of sp³-hybridized carbons (Fsp3) is 0.667. The largest absolute Gasteiger partial charge is 0.496 e. The second kappa shape index (κ2) is 12.9. The maximum absolute atomic E-state index is 12.3. The minimum Gasteiger partial charge on any atom is -0.496 e. The van der Waals surface area contributed by atoms with E-state index in [0.29, 0.717) is 31.8 Å². The molecule has 1 atom stereocenters. The van der Waals surface area contributed by atoms with Gasteiger partial charge in [0.25, 0.3) is 0 Å². The third-order valence-corrected chi connectivity index (χ3v) is 5.13. The van der Waals surface area contributed by atoms with Crippen molar-refractivity contribution in [3.63, 3.8) is 0 Å². The van der Waals surface area contributed by atoms with Gasteiger partial charge in [-0.3, -0.25) is 4.79 Å². The monoisotopic (exact) mass is 486 g/mol. The van der Waals surface area contributed by atoms with Crippen molar-refractivity contribution in [3.05, 3.63) is 23.8 Å². The van der Waals surface area contributed by atoms with Gasteiger partial charge in [-0.25, -0.2) is 4.79 Å². The van der Waals surface area contributed by atoms with E-state index in [-0.39, 0.29) is 18.4 Å². The van der Waals surface area contributed by atoms with Gasteiger partial charge in [-0.15, -0.1) is 11.6 Å². The Labute approximate surface area is 202 Å². The number of alkyl halides is 1. The Balaban J connectivity index is 3.09. The Hall–Kier alpha value is -2.19. The van der Waals surface area contributed by atoms with Crippen LogP contribution in [0.5, 0.6) is 5.75 Å². The molecule has 0 fully saturated rings. The molecule has 0 aliphatic carbocycles. The number of nitrogens with one attached hydrogen (secondary N) is 1. The van der Waals surface area contributed by atoms with Crippen LogP contribution in [0.3, 0.4) is 0 Å². The molecule has 1 aromatic rings. The number of nitrogens with zero attached hydrogens (tertiary/aromatic N) is 1. The van der Waals surface area contributed by atoms with Gasteiger partial charge in [-0.1, -0.05) is 13.8 Å². The van der Waals surface area contributed by atoms with Crippen LogP contribution in [0.25, 0.3) is 0 Å². The normalized spacial score (nSPS) is 12.7. The van der Waals surface area contributed by atoms with Gasteiger partial charge in [0.15, 0.2) is 0 Å². The fourth-order valence-corrected chi connectivity index (χ4v) is 4.01. The summed E-state index contributed by atoms with van der Waals surface area (Å²) in [6, 6.07) is 5.22. The number of aliphatic carboxylic acids is 1. The molecule has 1 aromatic carbocycles. The summed E-state index contributed by atoms with van der Waals surface area (Å²) in [4.78, 5) is 25.7. The number of anilines is 1. The molecule has 8 nitrogen and oxygen atoms in total. The zero-order valence-electron chi connectivity index (χ0n) is 20.6. The molecule has 0 saturated carbocycles. The molecule has 0 unspecified atom stereocenters. The summed E-state index contributed by atoms with van der Waals surface area (Å²) in [7, 11) is 1.60. The second-order valence-corrected chi connectivity index (χ2v) is 10.3. The molecule has 33 heavy (non-hydrogen) atoms. The van der Waals surface area contributed by atoms with Gasteiger partial charge in [0.1, 0.15) is 11.4 Å². The summed E-state index contributed by atoms with van der Waals surface area (Å²) in [6.45, 7) is 10.4. The van der Waals surface area contributed by atoms with Gasteiger partial charge in [0.2, 0.25) is 0 Å². The van der Waals surface area contributed by atoms with E-state index in [1.54, 1.807) is 27.9 Å². The van der Waals surface area contributed by atoms with Crippen molar-refractivity contribution in [2.45, 2.75) is 65.5 Å². The molecule has 188 valence electrons. The molecule has 0 bridgehead atoms.